The number of hydrogen-bond acceptors (Lipinski definition) is 1. The van der Waals surface area contributed by atoms with Crippen molar-refractivity contribution in [1.82, 2.24) is 5.32 Å². The summed E-state index contributed by atoms with van der Waals surface area (Å²) in [5, 5.41) is 2.69. The van der Waals surface area contributed by atoms with E-state index in [2.05, 4.69) is 25.2 Å². The highest BCUT2D eigenvalue weighted by Gasteiger charge is 2.30. The highest BCUT2D eigenvalue weighted by Crippen LogP contribution is 2.36. The highest BCUT2D eigenvalue weighted by atomic mass is 16.1. The second-order valence-corrected chi connectivity index (χ2v) is 4.13. The maximum Gasteiger partial charge on any atom is 0.247 e. The molecule has 1 rings (SSSR count). The Kier molecular flexibility index (Phi) is 2.60. The van der Waals surface area contributed by atoms with Gasteiger partial charge in [0.15, 0.2) is 0 Å². The predicted octanol–water partition coefficient (Wildman–Crippen LogP) is 2.04. The zero-order valence-electron chi connectivity index (χ0n) is 8.77. The van der Waals surface area contributed by atoms with Crippen LogP contribution in [-0.4, -0.2) is 13.0 Å². The Morgan fingerprint density at radius 3 is 2.62 bits per heavy atom. The van der Waals surface area contributed by atoms with Crippen molar-refractivity contribution in [3.63, 3.8) is 0 Å². The molecule has 1 amide bonds. The Bertz CT molecular complexity index is 284. The molecule has 0 saturated carbocycles. The van der Waals surface area contributed by atoms with Gasteiger partial charge in [-0.1, -0.05) is 26.0 Å². The number of likely N-dealkylation sites (N-methyl/N-ethyl adjacent to an activating group) is 1. The van der Waals surface area contributed by atoms with Crippen molar-refractivity contribution in [2.45, 2.75) is 27.2 Å². The molecule has 0 bridgehead atoms. The van der Waals surface area contributed by atoms with Crippen molar-refractivity contribution in [2.75, 3.05) is 7.05 Å². The summed E-state index contributed by atoms with van der Waals surface area (Å²) < 4.78 is 0. The first kappa shape index (κ1) is 10.0. The van der Waals surface area contributed by atoms with E-state index in [0.717, 1.165) is 17.6 Å². The molecule has 0 atom stereocenters. The molecule has 0 unspecified atom stereocenters. The molecule has 0 radical (unpaired) electrons. The molecule has 13 heavy (non-hydrogen) atoms. The lowest BCUT2D eigenvalue weighted by Gasteiger charge is -2.29. The first-order chi connectivity index (χ1) is 5.99. The van der Waals surface area contributed by atoms with Gasteiger partial charge >= 0.3 is 0 Å². The van der Waals surface area contributed by atoms with Gasteiger partial charge in [-0.3, -0.25) is 4.79 Å². The second-order valence-electron chi connectivity index (χ2n) is 4.13. The van der Waals surface area contributed by atoms with Crippen molar-refractivity contribution in [2.24, 2.45) is 5.41 Å². The van der Waals surface area contributed by atoms with Crippen LogP contribution in [0.1, 0.15) is 27.2 Å². The smallest absolute Gasteiger partial charge is 0.247 e. The molecule has 1 aliphatic rings. The van der Waals surface area contributed by atoms with Crippen LogP contribution in [0.3, 0.4) is 0 Å². The average molecular weight is 179 g/mol. The molecule has 0 heterocycles. The molecule has 0 aromatic carbocycles. The molecule has 0 aliphatic heterocycles. The molecule has 0 aromatic rings. The minimum Gasteiger partial charge on any atom is -0.355 e. The van der Waals surface area contributed by atoms with Crippen LogP contribution in [-0.2, 0) is 4.79 Å². The van der Waals surface area contributed by atoms with Crippen molar-refractivity contribution in [3.05, 3.63) is 23.3 Å². The van der Waals surface area contributed by atoms with Gasteiger partial charge in [-0.15, -0.1) is 0 Å². The molecular formula is C11H17NO. The largest absolute Gasteiger partial charge is 0.355 e. The summed E-state index contributed by atoms with van der Waals surface area (Å²) >= 11 is 0. The van der Waals surface area contributed by atoms with E-state index in [1.807, 2.05) is 13.0 Å². The molecular weight excluding hydrogens is 162 g/mol. The first-order valence-electron chi connectivity index (χ1n) is 4.59. The minimum absolute atomic E-state index is 0.0288. The van der Waals surface area contributed by atoms with E-state index in [1.54, 1.807) is 7.05 Å². The average Bonchev–Trinajstić information content (AvgIpc) is 2.02. The fraction of sp³-hybridized carbons (Fsp3) is 0.545. The maximum absolute atomic E-state index is 11.6. The Hall–Kier alpha value is -1.05. The second kappa shape index (κ2) is 3.36. The van der Waals surface area contributed by atoms with Crippen molar-refractivity contribution >= 4 is 5.91 Å². The van der Waals surface area contributed by atoms with E-state index in [0.29, 0.717) is 0 Å². The van der Waals surface area contributed by atoms with Gasteiger partial charge < -0.3 is 5.32 Å². The van der Waals surface area contributed by atoms with Gasteiger partial charge in [0.25, 0.3) is 0 Å². The van der Waals surface area contributed by atoms with Gasteiger partial charge in [0, 0.05) is 12.6 Å². The number of carbonyl (C=O) groups is 1. The van der Waals surface area contributed by atoms with Crippen LogP contribution in [0, 0.1) is 5.41 Å². The third-order valence-electron chi connectivity index (χ3n) is 2.52. The molecule has 72 valence electrons. The van der Waals surface area contributed by atoms with Gasteiger partial charge in [-0.25, -0.2) is 0 Å². The van der Waals surface area contributed by atoms with Gasteiger partial charge in [-0.2, -0.15) is 0 Å². The summed E-state index contributed by atoms with van der Waals surface area (Å²) in [5.41, 5.74) is 1.96. The third-order valence-corrected chi connectivity index (χ3v) is 2.52. The van der Waals surface area contributed by atoms with E-state index in [9.17, 15) is 4.79 Å². The summed E-state index contributed by atoms with van der Waals surface area (Å²) in [6, 6.07) is 0. The summed E-state index contributed by atoms with van der Waals surface area (Å²) in [7, 11) is 1.68. The number of hydrogen-bond donors (Lipinski definition) is 1. The van der Waals surface area contributed by atoms with E-state index < -0.39 is 0 Å². The van der Waals surface area contributed by atoms with Crippen molar-refractivity contribution in [1.29, 1.82) is 0 Å². The zero-order valence-corrected chi connectivity index (χ0v) is 8.77. The van der Waals surface area contributed by atoms with E-state index >= 15 is 0 Å². The fourth-order valence-corrected chi connectivity index (χ4v) is 1.86. The molecule has 1 N–H and O–H groups in total. The van der Waals surface area contributed by atoms with Crippen LogP contribution in [0.15, 0.2) is 23.3 Å². The van der Waals surface area contributed by atoms with Gasteiger partial charge in [0.2, 0.25) is 5.91 Å². The highest BCUT2D eigenvalue weighted by molar-refractivity contribution is 5.96. The Morgan fingerprint density at radius 1 is 1.54 bits per heavy atom. The van der Waals surface area contributed by atoms with E-state index in [1.165, 1.54) is 0 Å². The molecule has 0 aromatic heterocycles. The van der Waals surface area contributed by atoms with Gasteiger partial charge in [-0.05, 0) is 24.3 Å². The predicted molar refractivity (Wildman–Crippen MR) is 54.3 cm³/mol. The topological polar surface area (TPSA) is 29.1 Å². The third kappa shape index (κ3) is 1.82. The zero-order chi connectivity index (χ0) is 10.1. The van der Waals surface area contributed by atoms with Crippen LogP contribution < -0.4 is 5.32 Å². The monoisotopic (exact) mass is 179 g/mol. The number of nitrogens with one attached hydrogen (secondary N) is 1. The van der Waals surface area contributed by atoms with Crippen LogP contribution in [0.2, 0.25) is 0 Å². The first-order valence-corrected chi connectivity index (χ1v) is 4.59. The Balaban J connectivity index is 3.12. The van der Waals surface area contributed by atoms with Gasteiger partial charge in [0.1, 0.15) is 0 Å². The maximum atomic E-state index is 11.6. The normalized spacial score (nSPS) is 20.3. The van der Waals surface area contributed by atoms with Crippen molar-refractivity contribution < 1.29 is 4.79 Å². The number of allylic oxidation sites excluding steroid dienone is 3. The standard InChI is InChI=1S/C11H17NO/c1-8-6-5-7-11(2,3)9(8)10(13)12-4/h5-6H,7H2,1-4H3,(H,12,13). The SMILES string of the molecule is CNC(=O)C1=C(C)C=CCC1(C)C. The molecule has 0 saturated heterocycles. The van der Waals surface area contributed by atoms with Crippen LogP contribution in [0.4, 0.5) is 0 Å². The van der Waals surface area contributed by atoms with Crippen LogP contribution in [0.5, 0.6) is 0 Å². The molecule has 0 fully saturated rings. The number of rotatable bonds is 1. The summed E-state index contributed by atoms with van der Waals surface area (Å²) in [4.78, 5) is 11.6. The lowest BCUT2D eigenvalue weighted by molar-refractivity contribution is -0.118. The molecule has 2 nitrogen and oxygen atoms in total. The molecule has 1 aliphatic carbocycles. The minimum atomic E-state index is -0.0288. The van der Waals surface area contributed by atoms with E-state index in [4.69, 9.17) is 0 Å². The quantitative estimate of drug-likeness (QED) is 0.655. The number of amides is 1. The van der Waals surface area contributed by atoms with Crippen LogP contribution >= 0.6 is 0 Å². The Labute approximate surface area is 79.7 Å². The van der Waals surface area contributed by atoms with Crippen molar-refractivity contribution in [3.8, 4) is 0 Å². The summed E-state index contributed by atoms with van der Waals surface area (Å²) in [6.45, 7) is 6.19. The Morgan fingerprint density at radius 2 is 2.15 bits per heavy atom. The number of carbonyl (C=O) groups excluding carboxylic acids is 1. The van der Waals surface area contributed by atoms with Crippen LogP contribution in [0.25, 0.3) is 0 Å². The van der Waals surface area contributed by atoms with E-state index in [-0.39, 0.29) is 11.3 Å². The molecule has 2 heteroatoms. The molecule has 0 spiro atoms. The summed E-state index contributed by atoms with van der Waals surface area (Å²) in [5.74, 6) is 0.0480. The lowest BCUT2D eigenvalue weighted by Crippen LogP contribution is -2.31. The lowest BCUT2D eigenvalue weighted by atomic mass is 9.75. The fourth-order valence-electron chi connectivity index (χ4n) is 1.86. The summed E-state index contributed by atoms with van der Waals surface area (Å²) in [6.07, 6.45) is 5.09. The van der Waals surface area contributed by atoms with Gasteiger partial charge in [0.05, 0.1) is 0 Å².